The SMILES string of the molecule is O=C(NC1CCC(c2ccccc2)CC1)N1CCO[C@@H](c2ccc(F)cc2)C1. The molecule has 28 heavy (non-hydrogen) atoms. The van der Waals surface area contributed by atoms with Crippen LogP contribution in [0.3, 0.4) is 0 Å². The summed E-state index contributed by atoms with van der Waals surface area (Å²) in [7, 11) is 0. The topological polar surface area (TPSA) is 41.6 Å². The van der Waals surface area contributed by atoms with Crippen LogP contribution >= 0.6 is 0 Å². The van der Waals surface area contributed by atoms with Gasteiger partial charge in [0.25, 0.3) is 0 Å². The second-order valence-electron chi connectivity index (χ2n) is 7.77. The minimum Gasteiger partial charge on any atom is -0.370 e. The number of halogens is 1. The molecule has 0 bridgehead atoms. The number of rotatable bonds is 3. The Morgan fingerprint density at radius 1 is 0.964 bits per heavy atom. The lowest BCUT2D eigenvalue weighted by molar-refractivity contribution is -0.0159. The molecule has 0 unspecified atom stereocenters. The van der Waals surface area contributed by atoms with Gasteiger partial charge >= 0.3 is 6.03 Å². The third kappa shape index (κ3) is 4.53. The van der Waals surface area contributed by atoms with Crippen LogP contribution in [-0.2, 0) is 4.74 Å². The van der Waals surface area contributed by atoms with Gasteiger partial charge in [-0.05, 0) is 54.9 Å². The Morgan fingerprint density at radius 3 is 2.39 bits per heavy atom. The van der Waals surface area contributed by atoms with Crippen molar-refractivity contribution in [1.29, 1.82) is 0 Å². The quantitative estimate of drug-likeness (QED) is 0.841. The van der Waals surface area contributed by atoms with Crippen LogP contribution < -0.4 is 5.32 Å². The number of nitrogens with zero attached hydrogens (tertiary/aromatic N) is 1. The number of morpholine rings is 1. The second-order valence-corrected chi connectivity index (χ2v) is 7.77. The predicted octanol–water partition coefficient (Wildman–Crippen LogP) is 4.64. The highest BCUT2D eigenvalue weighted by Gasteiger charge is 2.28. The molecule has 1 heterocycles. The third-order valence-corrected chi connectivity index (χ3v) is 5.92. The molecule has 0 aromatic heterocycles. The molecule has 1 saturated carbocycles. The number of carbonyl (C=O) groups is 1. The first-order valence-corrected chi connectivity index (χ1v) is 10.2. The van der Waals surface area contributed by atoms with Crippen molar-refractivity contribution in [2.45, 2.75) is 43.7 Å². The molecule has 2 fully saturated rings. The number of urea groups is 1. The largest absolute Gasteiger partial charge is 0.370 e. The van der Waals surface area contributed by atoms with Crippen LogP contribution in [-0.4, -0.2) is 36.7 Å². The fourth-order valence-electron chi connectivity index (χ4n) is 4.28. The van der Waals surface area contributed by atoms with E-state index in [1.54, 1.807) is 12.1 Å². The predicted molar refractivity (Wildman–Crippen MR) is 107 cm³/mol. The zero-order valence-corrected chi connectivity index (χ0v) is 16.0. The van der Waals surface area contributed by atoms with E-state index in [0.29, 0.717) is 25.6 Å². The van der Waals surface area contributed by atoms with Crippen LogP contribution in [0.1, 0.15) is 48.8 Å². The molecule has 0 radical (unpaired) electrons. The Balaban J connectivity index is 1.28. The van der Waals surface area contributed by atoms with Gasteiger partial charge in [-0.15, -0.1) is 0 Å². The molecule has 2 aliphatic rings. The van der Waals surface area contributed by atoms with E-state index in [2.05, 4.69) is 35.6 Å². The Morgan fingerprint density at radius 2 is 1.68 bits per heavy atom. The minimum atomic E-state index is -0.264. The highest BCUT2D eigenvalue weighted by molar-refractivity contribution is 5.74. The summed E-state index contributed by atoms with van der Waals surface area (Å²) in [4.78, 5) is 14.6. The van der Waals surface area contributed by atoms with Gasteiger partial charge in [-0.1, -0.05) is 42.5 Å². The summed E-state index contributed by atoms with van der Waals surface area (Å²) in [6, 6.07) is 17.2. The maximum absolute atomic E-state index is 13.1. The Kier molecular flexibility index (Phi) is 5.91. The molecule has 0 spiro atoms. The van der Waals surface area contributed by atoms with Gasteiger partial charge in [-0.25, -0.2) is 9.18 Å². The van der Waals surface area contributed by atoms with Gasteiger partial charge in [0.1, 0.15) is 11.9 Å². The zero-order valence-electron chi connectivity index (χ0n) is 16.0. The van der Waals surface area contributed by atoms with Gasteiger partial charge in [0.2, 0.25) is 0 Å². The van der Waals surface area contributed by atoms with Crippen molar-refractivity contribution in [3.05, 3.63) is 71.5 Å². The molecule has 2 amide bonds. The maximum atomic E-state index is 13.1. The van der Waals surface area contributed by atoms with Crippen LogP contribution in [0.2, 0.25) is 0 Å². The van der Waals surface area contributed by atoms with Crippen LogP contribution in [0.4, 0.5) is 9.18 Å². The van der Waals surface area contributed by atoms with Crippen molar-refractivity contribution >= 4 is 6.03 Å². The molecule has 5 heteroatoms. The lowest BCUT2D eigenvalue weighted by Crippen LogP contribution is -2.50. The Hall–Kier alpha value is -2.40. The number of benzene rings is 2. The summed E-state index contributed by atoms with van der Waals surface area (Å²) < 4.78 is 18.9. The van der Waals surface area contributed by atoms with Crippen molar-refractivity contribution in [3.8, 4) is 0 Å². The smallest absolute Gasteiger partial charge is 0.317 e. The van der Waals surface area contributed by atoms with Crippen LogP contribution in [0.5, 0.6) is 0 Å². The van der Waals surface area contributed by atoms with Gasteiger partial charge in [0.05, 0.1) is 13.2 Å². The number of hydrogen-bond acceptors (Lipinski definition) is 2. The monoisotopic (exact) mass is 382 g/mol. The lowest BCUT2D eigenvalue weighted by Gasteiger charge is -2.35. The van der Waals surface area contributed by atoms with Crippen molar-refractivity contribution in [2.75, 3.05) is 19.7 Å². The van der Waals surface area contributed by atoms with E-state index in [1.165, 1.54) is 17.7 Å². The lowest BCUT2D eigenvalue weighted by atomic mass is 9.82. The van der Waals surface area contributed by atoms with Gasteiger partial charge in [-0.2, -0.15) is 0 Å². The van der Waals surface area contributed by atoms with E-state index in [9.17, 15) is 9.18 Å². The molecule has 2 aromatic rings. The van der Waals surface area contributed by atoms with Gasteiger partial charge in [0, 0.05) is 12.6 Å². The highest BCUT2D eigenvalue weighted by atomic mass is 19.1. The van der Waals surface area contributed by atoms with Crippen LogP contribution in [0, 0.1) is 5.82 Å². The van der Waals surface area contributed by atoms with Crippen molar-refractivity contribution in [3.63, 3.8) is 0 Å². The Labute approximate surface area is 165 Å². The van der Waals surface area contributed by atoms with E-state index in [-0.39, 0.29) is 24.0 Å². The number of carbonyl (C=O) groups excluding carboxylic acids is 1. The average Bonchev–Trinajstić information content (AvgIpc) is 2.75. The first kappa shape index (κ1) is 18.9. The fraction of sp³-hybridized carbons (Fsp3) is 0.435. The van der Waals surface area contributed by atoms with E-state index in [0.717, 1.165) is 31.2 Å². The van der Waals surface area contributed by atoms with E-state index >= 15 is 0 Å². The number of hydrogen-bond donors (Lipinski definition) is 1. The van der Waals surface area contributed by atoms with Gasteiger partial charge < -0.3 is 15.0 Å². The summed E-state index contributed by atoms with van der Waals surface area (Å²) >= 11 is 0. The normalized spacial score (nSPS) is 25.3. The molecule has 4 rings (SSSR count). The summed E-state index contributed by atoms with van der Waals surface area (Å²) in [6.45, 7) is 1.58. The standard InChI is InChI=1S/C23H27FN2O2/c24-20-10-6-19(7-11-20)22-16-26(14-15-28-22)23(27)25-21-12-8-18(9-13-21)17-4-2-1-3-5-17/h1-7,10-11,18,21-22H,8-9,12-16H2,(H,25,27)/t18?,21?,22-/m1/s1. The highest BCUT2D eigenvalue weighted by Crippen LogP contribution is 2.33. The molecular formula is C23H27FN2O2. The molecule has 4 nitrogen and oxygen atoms in total. The van der Waals surface area contributed by atoms with Crippen molar-refractivity contribution in [2.24, 2.45) is 0 Å². The Bertz CT molecular complexity index is 773. The number of ether oxygens (including phenoxy) is 1. The molecular weight excluding hydrogens is 355 g/mol. The van der Waals surface area contributed by atoms with E-state index in [1.807, 2.05) is 4.90 Å². The summed E-state index contributed by atoms with van der Waals surface area (Å²) in [6.07, 6.45) is 4.04. The molecule has 1 N–H and O–H groups in total. The second kappa shape index (κ2) is 8.74. The first-order chi connectivity index (χ1) is 13.7. The third-order valence-electron chi connectivity index (χ3n) is 5.92. The van der Waals surface area contributed by atoms with E-state index < -0.39 is 0 Å². The van der Waals surface area contributed by atoms with Gasteiger partial charge in [-0.3, -0.25) is 0 Å². The molecule has 1 atom stereocenters. The number of nitrogens with one attached hydrogen (secondary N) is 1. The van der Waals surface area contributed by atoms with Crippen molar-refractivity contribution in [1.82, 2.24) is 10.2 Å². The molecule has 1 saturated heterocycles. The van der Waals surface area contributed by atoms with Crippen LogP contribution in [0.15, 0.2) is 54.6 Å². The number of amides is 2. The molecule has 1 aliphatic carbocycles. The van der Waals surface area contributed by atoms with Crippen LogP contribution in [0.25, 0.3) is 0 Å². The average molecular weight is 382 g/mol. The van der Waals surface area contributed by atoms with Crippen molar-refractivity contribution < 1.29 is 13.9 Å². The summed E-state index contributed by atoms with van der Waals surface area (Å²) in [5.74, 6) is 0.334. The van der Waals surface area contributed by atoms with Gasteiger partial charge in [0.15, 0.2) is 0 Å². The molecule has 148 valence electrons. The minimum absolute atomic E-state index is 0.0152. The fourth-order valence-corrected chi connectivity index (χ4v) is 4.28. The zero-order chi connectivity index (χ0) is 19.3. The summed E-state index contributed by atoms with van der Waals surface area (Å²) in [5.41, 5.74) is 2.31. The maximum Gasteiger partial charge on any atom is 0.317 e. The molecule has 2 aromatic carbocycles. The summed E-state index contributed by atoms with van der Waals surface area (Å²) in [5, 5.41) is 3.21. The molecule has 1 aliphatic heterocycles. The first-order valence-electron chi connectivity index (χ1n) is 10.2. The van der Waals surface area contributed by atoms with E-state index in [4.69, 9.17) is 4.74 Å².